The summed E-state index contributed by atoms with van der Waals surface area (Å²) in [6.45, 7) is 2.63. The SMILES string of the molecule is CCC(OC)OC1(Cc2ccccc2)CCCCN1C(N)=O. The summed E-state index contributed by atoms with van der Waals surface area (Å²) in [5, 5.41) is 0. The van der Waals surface area contributed by atoms with Crippen LogP contribution in [0.1, 0.15) is 38.2 Å². The zero-order valence-corrected chi connectivity index (χ0v) is 13.5. The molecule has 0 spiro atoms. The van der Waals surface area contributed by atoms with E-state index in [1.165, 1.54) is 0 Å². The van der Waals surface area contributed by atoms with Gasteiger partial charge in [0.05, 0.1) is 0 Å². The lowest BCUT2D eigenvalue weighted by molar-refractivity contribution is -0.251. The molecule has 2 rings (SSSR count). The second-order valence-corrected chi connectivity index (χ2v) is 5.75. The van der Waals surface area contributed by atoms with Gasteiger partial charge in [-0.25, -0.2) is 4.79 Å². The van der Waals surface area contributed by atoms with Gasteiger partial charge in [0.1, 0.15) is 0 Å². The highest BCUT2D eigenvalue weighted by molar-refractivity contribution is 5.73. The third kappa shape index (κ3) is 3.78. The van der Waals surface area contributed by atoms with Crippen molar-refractivity contribution in [2.24, 2.45) is 5.73 Å². The lowest BCUT2D eigenvalue weighted by atomic mass is 9.91. The Morgan fingerprint density at radius 1 is 1.36 bits per heavy atom. The van der Waals surface area contributed by atoms with Gasteiger partial charge >= 0.3 is 6.03 Å². The van der Waals surface area contributed by atoms with Gasteiger partial charge in [0.15, 0.2) is 12.0 Å². The van der Waals surface area contributed by atoms with E-state index < -0.39 is 11.8 Å². The van der Waals surface area contributed by atoms with Gasteiger partial charge in [0, 0.05) is 20.1 Å². The molecule has 1 fully saturated rings. The monoisotopic (exact) mass is 306 g/mol. The Labute approximate surface area is 132 Å². The van der Waals surface area contributed by atoms with Gasteiger partial charge in [-0.3, -0.25) is 4.90 Å². The molecule has 1 aromatic rings. The minimum atomic E-state index is -0.720. The molecule has 0 bridgehead atoms. The first kappa shape index (κ1) is 16.8. The van der Waals surface area contributed by atoms with E-state index in [9.17, 15) is 4.79 Å². The fourth-order valence-corrected chi connectivity index (χ4v) is 3.13. The topological polar surface area (TPSA) is 64.8 Å². The largest absolute Gasteiger partial charge is 0.356 e. The van der Waals surface area contributed by atoms with Crippen LogP contribution in [-0.4, -0.2) is 36.6 Å². The van der Waals surface area contributed by atoms with Crippen molar-refractivity contribution in [1.29, 1.82) is 0 Å². The molecule has 5 nitrogen and oxygen atoms in total. The first-order chi connectivity index (χ1) is 10.6. The van der Waals surface area contributed by atoms with Crippen molar-refractivity contribution < 1.29 is 14.3 Å². The van der Waals surface area contributed by atoms with Crippen molar-refractivity contribution in [2.75, 3.05) is 13.7 Å². The highest BCUT2D eigenvalue weighted by atomic mass is 16.7. The Morgan fingerprint density at radius 3 is 2.68 bits per heavy atom. The lowest BCUT2D eigenvalue weighted by Crippen LogP contribution is -2.60. The van der Waals surface area contributed by atoms with Crippen LogP contribution in [0.25, 0.3) is 0 Å². The number of piperidine rings is 1. The van der Waals surface area contributed by atoms with Crippen molar-refractivity contribution >= 4 is 6.03 Å². The Bertz CT molecular complexity index is 476. The Balaban J connectivity index is 2.31. The first-order valence-electron chi connectivity index (χ1n) is 7.93. The van der Waals surface area contributed by atoms with E-state index in [-0.39, 0.29) is 6.29 Å². The number of nitrogens with two attached hydrogens (primary N) is 1. The third-order valence-electron chi connectivity index (χ3n) is 4.23. The van der Waals surface area contributed by atoms with Crippen molar-refractivity contribution in [3.8, 4) is 0 Å². The molecule has 22 heavy (non-hydrogen) atoms. The number of methoxy groups -OCH3 is 1. The number of carbonyl (C=O) groups is 1. The van der Waals surface area contributed by atoms with Crippen molar-refractivity contribution in [2.45, 2.75) is 51.0 Å². The van der Waals surface area contributed by atoms with Gasteiger partial charge in [0.2, 0.25) is 0 Å². The summed E-state index contributed by atoms with van der Waals surface area (Å²) in [6.07, 6.45) is 3.73. The van der Waals surface area contributed by atoms with E-state index in [0.29, 0.717) is 13.0 Å². The van der Waals surface area contributed by atoms with Gasteiger partial charge in [-0.1, -0.05) is 37.3 Å². The van der Waals surface area contributed by atoms with Crippen LogP contribution in [-0.2, 0) is 15.9 Å². The summed E-state index contributed by atoms with van der Waals surface area (Å²) in [5.74, 6) is 0. The lowest BCUT2D eigenvalue weighted by Gasteiger charge is -2.47. The third-order valence-corrected chi connectivity index (χ3v) is 4.23. The number of rotatable bonds is 6. The molecule has 0 aliphatic carbocycles. The summed E-state index contributed by atoms with van der Waals surface area (Å²) < 4.78 is 11.7. The molecule has 1 aliphatic heterocycles. The molecule has 1 aliphatic rings. The van der Waals surface area contributed by atoms with Gasteiger partial charge in [0.25, 0.3) is 0 Å². The van der Waals surface area contributed by atoms with Gasteiger partial charge in [-0.2, -0.15) is 0 Å². The fourth-order valence-electron chi connectivity index (χ4n) is 3.13. The number of hydrogen-bond acceptors (Lipinski definition) is 3. The van der Waals surface area contributed by atoms with Crippen molar-refractivity contribution in [1.82, 2.24) is 4.90 Å². The molecule has 2 N–H and O–H groups in total. The minimum absolute atomic E-state index is 0.344. The summed E-state index contributed by atoms with van der Waals surface area (Å²) >= 11 is 0. The summed E-state index contributed by atoms with van der Waals surface area (Å²) in [5.41, 5.74) is 6.03. The number of primary amides is 1. The second kappa shape index (κ2) is 7.61. The highest BCUT2D eigenvalue weighted by Crippen LogP contribution is 2.34. The number of hydrogen-bond donors (Lipinski definition) is 1. The van der Waals surface area contributed by atoms with Crippen molar-refractivity contribution in [3.05, 3.63) is 35.9 Å². The average molecular weight is 306 g/mol. The van der Waals surface area contributed by atoms with Gasteiger partial charge in [-0.15, -0.1) is 0 Å². The maximum Gasteiger partial charge on any atom is 0.317 e. The normalized spacial score (nSPS) is 23.3. The van der Waals surface area contributed by atoms with E-state index >= 15 is 0 Å². The number of nitrogens with zero attached hydrogens (tertiary/aromatic N) is 1. The fraction of sp³-hybridized carbons (Fsp3) is 0.588. The standard InChI is InChI=1S/C17H26N2O3/c1-3-15(21-2)22-17(13-14-9-5-4-6-10-14)11-7-8-12-19(17)16(18)20/h4-6,9-10,15H,3,7-8,11-13H2,1-2H3,(H2,18,20). The number of carbonyl (C=O) groups excluding carboxylic acids is 1. The van der Waals surface area contributed by atoms with E-state index in [2.05, 4.69) is 0 Å². The molecule has 0 aromatic heterocycles. The van der Waals surface area contributed by atoms with Crippen LogP contribution < -0.4 is 5.73 Å². The Morgan fingerprint density at radius 2 is 2.09 bits per heavy atom. The molecule has 1 saturated heterocycles. The number of likely N-dealkylation sites (tertiary alicyclic amines) is 1. The van der Waals surface area contributed by atoms with Crippen LogP contribution in [0.5, 0.6) is 0 Å². The predicted octanol–water partition coefficient (Wildman–Crippen LogP) is 2.89. The van der Waals surface area contributed by atoms with Crippen LogP contribution in [0, 0.1) is 0 Å². The predicted molar refractivity (Wildman–Crippen MR) is 85.2 cm³/mol. The highest BCUT2D eigenvalue weighted by Gasteiger charge is 2.43. The summed E-state index contributed by atoms with van der Waals surface area (Å²) in [7, 11) is 1.63. The average Bonchev–Trinajstić information content (AvgIpc) is 2.54. The van der Waals surface area contributed by atoms with Crippen LogP contribution in [0.15, 0.2) is 30.3 Å². The molecule has 0 radical (unpaired) electrons. The van der Waals surface area contributed by atoms with Gasteiger partial charge < -0.3 is 15.2 Å². The zero-order valence-electron chi connectivity index (χ0n) is 13.5. The molecule has 5 heteroatoms. The number of ether oxygens (including phenoxy) is 2. The number of urea groups is 1. The quantitative estimate of drug-likeness (QED) is 0.822. The van der Waals surface area contributed by atoms with Crippen LogP contribution in [0.2, 0.25) is 0 Å². The van der Waals surface area contributed by atoms with E-state index in [1.807, 2.05) is 37.3 Å². The number of amides is 2. The Kier molecular flexibility index (Phi) is 5.80. The molecule has 2 unspecified atom stereocenters. The smallest absolute Gasteiger partial charge is 0.317 e. The van der Waals surface area contributed by atoms with Crippen LogP contribution in [0.4, 0.5) is 4.79 Å². The molecular formula is C17H26N2O3. The summed E-state index contributed by atoms with van der Waals surface area (Å²) in [4.78, 5) is 13.6. The van der Waals surface area contributed by atoms with E-state index in [4.69, 9.17) is 15.2 Å². The molecule has 122 valence electrons. The maximum atomic E-state index is 11.9. The van der Waals surface area contributed by atoms with E-state index in [0.717, 1.165) is 31.2 Å². The summed E-state index contributed by atoms with van der Waals surface area (Å²) in [6, 6.07) is 9.64. The molecule has 2 amide bonds. The van der Waals surface area contributed by atoms with Gasteiger partial charge in [-0.05, 0) is 31.2 Å². The van der Waals surface area contributed by atoms with E-state index in [1.54, 1.807) is 12.0 Å². The molecule has 0 saturated carbocycles. The van der Waals surface area contributed by atoms with Crippen LogP contribution in [0.3, 0.4) is 0 Å². The zero-order chi connectivity index (χ0) is 16.0. The first-order valence-corrected chi connectivity index (χ1v) is 7.93. The molecule has 1 aromatic carbocycles. The molecule has 2 atom stereocenters. The van der Waals surface area contributed by atoms with Crippen LogP contribution >= 0.6 is 0 Å². The second-order valence-electron chi connectivity index (χ2n) is 5.75. The minimum Gasteiger partial charge on any atom is -0.356 e. The maximum absolute atomic E-state index is 11.9. The molecule has 1 heterocycles. The molecular weight excluding hydrogens is 280 g/mol. The van der Waals surface area contributed by atoms with Crippen molar-refractivity contribution in [3.63, 3.8) is 0 Å². The number of benzene rings is 1. The Hall–Kier alpha value is -1.59.